The van der Waals surface area contributed by atoms with Crippen LogP contribution in [0.25, 0.3) is 0 Å². The second-order valence-corrected chi connectivity index (χ2v) is 1.38. The van der Waals surface area contributed by atoms with Crippen molar-refractivity contribution in [1.82, 2.24) is 5.32 Å². The summed E-state index contributed by atoms with van der Waals surface area (Å²) < 4.78 is 0. The molecule has 0 rings (SSSR count). The van der Waals surface area contributed by atoms with Gasteiger partial charge in [0.1, 0.15) is 6.23 Å². The molecule has 0 heterocycles. The van der Waals surface area contributed by atoms with Crippen LogP contribution in [-0.2, 0) is 4.79 Å². The van der Waals surface area contributed by atoms with Crippen molar-refractivity contribution in [3.63, 3.8) is 0 Å². The first-order valence-electron chi connectivity index (χ1n) is 3.08. The molecule has 0 saturated heterocycles. The van der Waals surface area contributed by atoms with Gasteiger partial charge in [-0.3, -0.25) is 4.79 Å². The van der Waals surface area contributed by atoms with Crippen LogP contribution in [0.1, 0.15) is 27.7 Å². The van der Waals surface area contributed by atoms with Crippen molar-refractivity contribution in [2.24, 2.45) is 0 Å². The van der Waals surface area contributed by atoms with Crippen LogP contribution in [0.3, 0.4) is 0 Å². The molecule has 0 aromatic rings. The maximum absolute atomic E-state index is 9.98. The van der Waals surface area contributed by atoms with Crippen LogP contribution in [0.4, 0.5) is 0 Å². The van der Waals surface area contributed by atoms with Crippen molar-refractivity contribution in [1.29, 1.82) is 0 Å². The lowest BCUT2D eigenvalue weighted by atomic mass is 10.6. The van der Waals surface area contributed by atoms with E-state index in [0.717, 1.165) is 0 Å². The second kappa shape index (κ2) is 7.43. The summed E-state index contributed by atoms with van der Waals surface area (Å²) >= 11 is 0. The summed E-state index contributed by atoms with van der Waals surface area (Å²) in [6.45, 7) is 6.84. The highest BCUT2D eigenvalue weighted by Crippen LogP contribution is 1.68. The van der Waals surface area contributed by atoms with Crippen LogP contribution in [0.5, 0.6) is 0 Å². The highest BCUT2D eigenvalue weighted by molar-refractivity contribution is 5.72. The number of aliphatic hydroxyl groups is 1. The van der Waals surface area contributed by atoms with Gasteiger partial charge in [-0.2, -0.15) is 0 Å². The minimum absolute atomic E-state index is 0.213. The lowest BCUT2D eigenvalue weighted by molar-refractivity contribution is -0.121. The standard InChI is InChI=1S/C4H9NO2.C2H6/c1-3(6)5-4(2)7;1-2/h3,6H,1-2H3,(H,5,7);1-2H3. The molecule has 1 unspecified atom stereocenters. The SMILES string of the molecule is CC.CC(=O)NC(C)O. The van der Waals surface area contributed by atoms with E-state index in [1.165, 1.54) is 13.8 Å². The summed E-state index contributed by atoms with van der Waals surface area (Å²) in [5.74, 6) is -0.213. The Morgan fingerprint density at radius 1 is 1.56 bits per heavy atom. The summed E-state index contributed by atoms with van der Waals surface area (Å²) in [6.07, 6.45) is -0.725. The van der Waals surface area contributed by atoms with E-state index in [1.54, 1.807) is 0 Å². The van der Waals surface area contributed by atoms with Crippen molar-refractivity contribution in [2.45, 2.75) is 33.9 Å². The zero-order chi connectivity index (χ0) is 7.86. The summed E-state index contributed by atoms with van der Waals surface area (Å²) in [4.78, 5) is 9.98. The van der Waals surface area contributed by atoms with Gasteiger partial charge >= 0.3 is 0 Å². The number of hydrogen-bond acceptors (Lipinski definition) is 2. The van der Waals surface area contributed by atoms with Gasteiger partial charge in [-0.05, 0) is 6.92 Å². The van der Waals surface area contributed by atoms with Crippen molar-refractivity contribution >= 4 is 5.91 Å². The molecule has 1 atom stereocenters. The minimum atomic E-state index is -0.725. The van der Waals surface area contributed by atoms with Gasteiger partial charge in [0.05, 0.1) is 0 Å². The van der Waals surface area contributed by atoms with E-state index in [0.29, 0.717) is 0 Å². The Balaban J connectivity index is 0. The molecule has 0 bridgehead atoms. The number of carbonyl (C=O) groups is 1. The monoisotopic (exact) mass is 133 g/mol. The molecule has 1 amide bonds. The third-order valence-electron chi connectivity index (χ3n) is 0.412. The van der Waals surface area contributed by atoms with Crippen molar-refractivity contribution in [3.05, 3.63) is 0 Å². The van der Waals surface area contributed by atoms with E-state index in [1.807, 2.05) is 13.8 Å². The molecule has 2 N–H and O–H groups in total. The van der Waals surface area contributed by atoms with Crippen molar-refractivity contribution in [3.8, 4) is 0 Å². The highest BCUT2D eigenvalue weighted by atomic mass is 16.3. The molecule has 3 heteroatoms. The third kappa shape index (κ3) is 18.6. The van der Waals surface area contributed by atoms with Gasteiger partial charge in [0.15, 0.2) is 0 Å². The second-order valence-electron chi connectivity index (χ2n) is 1.38. The molecule has 0 aromatic heterocycles. The van der Waals surface area contributed by atoms with Crippen molar-refractivity contribution in [2.75, 3.05) is 0 Å². The molecule has 0 aliphatic carbocycles. The van der Waals surface area contributed by atoms with Gasteiger partial charge in [0.25, 0.3) is 0 Å². The van der Waals surface area contributed by atoms with E-state index in [9.17, 15) is 4.79 Å². The summed E-state index contributed by atoms with van der Waals surface area (Å²) in [5, 5.41) is 10.6. The van der Waals surface area contributed by atoms with Crippen LogP contribution in [0, 0.1) is 0 Å². The molecular formula is C6H15NO2. The fraction of sp³-hybridized carbons (Fsp3) is 0.833. The number of aliphatic hydroxyl groups excluding tert-OH is 1. The van der Waals surface area contributed by atoms with Gasteiger partial charge in [-0.25, -0.2) is 0 Å². The highest BCUT2D eigenvalue weighted by Gasteiger charge is 1.92. The third-order valence-corrected chi connectivity index (χ3v) is 0.412. The fourth-order valence-electron chi connectivity index (χ4n) is 0.294. The molecule has 0 spiro atoms. The summed E-state index contributed by atoms with van der Waals surface area (Å²) in [6, 6.07) is 0. The normalized spacial score (nSPS) is 10.8. The molecule has 3 nitrogen and oxygen atoms in total. The molecule has 0 aromatic carbocycles. The molecule has 0 fully saturated rings. The maximum Gasteiger partial charge on any atom is 0.218 e. The maximum atomic E-state index is 9.98. The van der Waals surface area contributed by atoms with Crippen LogP contribution in [0.15, 0.2) is 0 Å². The van der Waals surface area contributed by atoms with Crippen LogP contribution in [0.2, 0.25) is 0 Å². The Morgan fingerprint density at radius 3 is 1.89 bits per heavy atom. The number of amides is 1. The van der Waals surface area contributed by atoms with Crippen LogP contribution < -0.4 is 5.32 Å². The van der Waals surface area contributed by atoms with Crippen molar-refractivity contribution < 1.29 is 9.90 Å². The summed E-state index contributed by atoms with van der Waals surface area (Å²) in [5.41, 5.74) is 0. The topological polar surface area (TPSA) is 49.3 Å². The molecular weight excluding hydrogens is 118 g/mol. The van der Waals surface area contributed by atoms with Gasteiger partial charge in [0, 0.05) is 6.92 Å². The Kier molecular flexibility index (Phi) is 9.29. The Hall–Kier alpha value is -0.570. The first kappa shape index (κ1) is 11.3. The number of carbonyl (C=O) groups excluding carboxylic acids is 1. The van der Waals surface area contributed by atoms with Gasteiger partial charge < -0.3 is 10.4 Å². The predicted octanol–water partition coefficient (Wildman–Crippen LogP) is 0.487. The molecule has 0 radical (unpaired) electrons. The molecule has 9 heavy (non-hydrogen) atoms. The Bertz CT molecular complexity index is 71.5. The first-order valence-corrected chi connectivity index (χ1v) is 3.08. The smallest absolute Gasteiger partial charge is 0.218 e. The zero-order valence-electron chi connectivity index (χ0n) is 6.43. The average Bonchev–Trinajstić information content (AvgIpc) is 1.68. The molecule has 56 valence electrons. The van der Waals surface area contributed by atoms with E-state index in [4.69, 9.17) is 5.11 Å². The zero-order valence-corrected chi connectivity index (χ0v) is 6.43. The molecule has 0 saturated carbocycles. The Labute approximate surface area is 56.1 Å². The van der Waals surface area contributed by atoms with E-state index >= 15 is 0 Å². The van der Waals surface area contributed by atoms with Crippen LogP contribution in [-0.4, -0.2) is 17.2 Å². The van der Waals surface area contributed by atoms with Gasteiger partial charge in [-0.1, -0.05) is 13.8 Å². The van der Waals surface area contributed by atoms with Gasteiger partial charge in [-0.15, -0.1) is 0 Å². The number of hydrogen-bond donors (Lipinski definition) is 2. The molecule has 0 aliphatic rings. The van der Waals surface area contributed by atoms with E-state index in [2.05, 4.69) is 5.32 Å². The lowest BCUT2D eigenvalue weighted by Crippen LogP contribution is -2.29. The fourth-order valence-corrected chi connectivity index (χ4v) is 0.294. The lowest BCUT2D eigenvalue weighted by Gasteiger charge is -2.01. The number of rotatable bonds is 1. The average molecular weight is 133 g/mol. The quantitative estimate of drug-likeness (QED) is 0.511. The van der Waals surface area contributed by atoms with Gasteiger partial charge in [0.2, 0.25) is 5.91 Å². The van der Waals surface area contributed by atoms with E-state index < -0.39 is 6.23 Å². The Morgan fingerprint density at radius 2 is 1.89 bits per heavy atom. The largest absolute Gasteiger partial charge is 0.374 e. The van der Waals surface area contributed by atoms with Crippen LogP contribution >= 0.6 is 0 Å². The predicted molar refractivity (Wildman–Crippen MR) is 36.8 cm³/mol. The minimum Gasteiger partial charge on any atom is -0.374 e. The number of nitrogens with one attached hydrogen (secondary N) is 1. The molecule has 0 aliphatic heterocycles. The first-order chi connectivity index (χ1) is 4.13. The van der Waals surface area contributed by atoms with E-state index in [-0.39, 0.29) is 5.91 Å². The summed E-state index contributed by atoms with van der Waals surface area (Å²) in [7, 11) is 0.